The highest BCUT2D eigenvalue weighted by Crippen LogP contribution is 2.07. The molecule has 0 amide bonds. The van der Waals surface area contributed by atoms with Crippen LogP contribution in [0, 0.1) is 5.82 Å². The van der Waals surface area contributed by atoms with Gasteiger partial charge in [-0.15, -0.1) is 0 Å². The molecule has 0 radical (unpaired) electrons. The molecule has 0 saturated carbocycles. The van der Waals surface area contributed by atoms with E-state index in [4.69, 9.17) is 9.47 Å². The van der Waals surface area contributed by atoms with Gasteiger partial charge in [-0.2, -0.15) is 0 Å². The van der Waals surface area contributed by atoms with Crippen molar-refractivity contribution in [2.75, 3.05) is 26.9 Å². The van der Waals surface area contributed by atoms with Crippen LogP contribution in [0.4, 0.5) is 4.39 Å². The van der Waals surface area contributed by atoms with Crippen molar-refractivity contribution in [1.29, 1.82) is 0 Å². The van der Waals surface area contributed by atoms with E-state index in [0.717, 1.165) is 11.1 Å². The Morgan fingerprint density at radius 3 is 2.48 bits per heavy atom. The fourth-order valence-electron chi connectivity index (χ4n) is 2.51. The summed E-state index contributed by atoms with van der Waals surface area (Å²) in [5.74, 6) is 0.397. The molecule has 0 bridgehead atoms. The summed E-state index contributed by atoms with van der Waals surface area (Å²) in [7, 11) is 1.69. The van der Waals surface area contributed by atoms with Gasteiger partial charge in [0.1, 0.15) is 5.82 Å². The van der Waals surface area contributed by atoms with Crippen LogP contribution in [0.5, 0.6) is 0 Å². The number of hydrogen-bond donors (Lipinski definition) is 2. The molecule has 0 fully saturated rings. The van der Waals surface area contributed by atoms with E-state index in [-0.39, 0.29) is 5.82 Å². The molecule has 0 atom stereocenters. The number of halogens is 1. The first-order chi connectivity index (χ1) is 13.2. The molecule has 2 rings (SSSR count). The lowest BCUT2D eigenvalue weighted by Gasteiger charge is -2.13. The monoisotopic (exact) mass is 373 g/mol. The van der Waals surface area contributed by atoms with Gasteiger partial charge in [0.05, 0.1) is 19.8 Å². The zero-order chi connectivity index (χ0) is 19.3. The van der Waals surface area contributed by atoms with E-state index in [1.54, 1.807) is 19.2 Å². The van der Waals surface area contributed by atoms with Crippen LogP contribution in [0.1, 0.15) is 23.6 Å². The molecule has 0 spiro atoms. The first-order valence-corrected chi connectivity index (χ1v) is 9.14. The molecule has 2 N–H and O–H groups in total. The molecule has 0 aliphatic rings. The van der Waals surface area contributed by atoms with Crippen LogP contribution in [0.2, 0.25) is 0 Å². The number of ether oxygens (including phenoxy) is 2. The van der Waals surface area contributed by atoms with Crippen molar-refractivity contribution in [3.8, 4) is 0 Å². The molecule has 0 aromatic heterocycles. The Labute approximate surface area is 160 Å². The van der Waals surface area contributed by atoms with Gasteiger partial charge < -0.3 is 20.1 Å². The Morgan fingerprint density at radius 1 is 0.963 bits per heavy atom. The molecule has 2 aromatic carbocycles. The molecular formula is C21H28FN3O2. The van der Waals surface area contributed by atoms with E-state index in [0.29, 0.717) is 51.0 Å². The van der Waals surface area contributed by atoms with E-state index in [2.05, 4.69) is 21.7 Å². The predicted molar refractivity (Wildman–Crippen MR) is 106 cm³/mol. The van der Waals surface area contributed by atoms with Crippen molar-refractivity contribution in [2.45, 2.75) is 26.6 Å². The maximum Gasteiger partial charge on any atom is 0.191 e. The fraction of sp³-hybridized carbons (Fsp3) is 0.381. The van der Waals surface area contributed by atoms with E-state index in [1.165, 1.54) is 6.07 Å². The van der Waals surface area contributed by atoms with Crippen molar-refractivity contribution >= 4 is 5.96 Å². The number of hydrogen-bond acceptors (Lipinski definition) is 3. The highest BCUT2D eigenvalue weighted by Gasteiger charge is 2.03. The average Bonchev–Trinajstić information content (AvgIpc) is 2.69. The van der Waals surface area contributed by atoms with Gasteiger partial charge in [0, 0.05) is 32.3 Å². The lowest BCUT2D eigenvalue weighted by molar-refractivity contribution is 0.0453. The van der Waals surface area contributed by atoms with Gasteiger partial charge in [0.15, 0.2) is 5.96 Å². The number of nitrogens with one attached hydrogen (secondary N) is 2. The van der Waals surface area contributed by atoms with E-state index < -0.39 is 0 Å². The second kappa shape index (κ2) is 12.0. The third-order valence-electron chi connectivity index (χ3n) is 3.92. The van der Waals surface area contributed by atoms with E-state index in [9.17, 15) is 4.39 Å². The summed E-state index contributed by atoms with van der Waals surface area (Å²) in [5.41, 5.74) is 2.83. The van der Waals surface area contributed by atoms with Gasteiger partial charge in [-0.25, -0.2) is 4.39 Å². The molecule has 0 aliphatic carbocycles. The third kappa shape index (κ3) is 7.76. The summed E-state index contributed by atoms with van der Waals surface area (Å²) in [6.07, 6.45) is 0. The number of guanidine groups is 1. The van der Waals surface area contributed by atoms with Gasteiger partial charge in [-0.3, -0.25) is 4.99 Å². The van der Waals surface area contributed by atoms with Crippen molar-refractivity contribution in [3.05, 3.63) is 71.0 Å². The molecule has 6 heteroatoms. The number of nitrogens with zero attached hydrogens (tertiary/aromatic N) is 1. The Bertz CT molecular complexity index is 722. The van der Waals surface area contributed by atoms with E-state index in [1.807, 2.05) is 31.2 Å². The van der Waals surface area contributed by atoms with Crippen molar-refractivity contribution in [1.82, 2.24) is 10.6 Å². The van der Waals surface area contributed by atoms with Crippen molar-refractivity contribution in [2.24, 2.45) is 4.99 Å². The molecule has 146 valence electrons. The highest BCUT2D eigenvalue weighted by atomic mass is 19.1. The fourth-order valence-corrected chi connectivity index (χ4v) is 2.51. The average molecular weight is 373 g/mol. The highest BCUT2D eigenvalue weighted by molar-refractivity contribution is 5.79. The zero-order valence-electron chi connectivity index (χ0n) is 16.0. The normalized spacial score (nSPS) is 11.4. The molecule has 0 aliphatic heterocycles. The molecule has 2 aromatic rings. The molecule has 0 saturated heterocycles. The van der Waals surface area contributed by atoms with Gasteiger partial charge in [0.25, 0.3) is 0 Å². The molecular weight excluding hydrogens is 345 g/mol. The molecule has 0 heterocycles. The lowest BCUT2D eigenvalue weighted by Crippen LogP contribution is -2.36. The van der Waals surface area contributed by atoms with Gasteiger partial charge >= 0.3 is 0 Å². The summed E-state index contributed by atoms with van der Waals surface area (Å²) < 4.78 is 24.6. The second-order valence-electron chi connectivity index (χ2n) is 5.94. The summed E-state index contributed by atoms with van der Waals surface area (Å²) in [5, 5.41) is 6.37. The second-order valence-corrected chi connectivity index (χ2v) is 5.94. The number of benzene rings is 2. The van der Waals surface area contributed by atoms with Crippen LogP contribution < -0.4 is 10.6 Å². The first kappa shape index (κ1) is 20.9. The van der Waals surface area contributed by atoms with Gasteiger partial charge in [-0.1, -0.05) is 42.5 Å². The third-order valence-corrected chi connectivity index (χ3v) is 3.92. The molecule has 5 nitrogen and oxygen atoms in total. The molecule has 27 heavy (non-hydrogen) atoms. The number of rotatable bonds is 10. The zero-order valence-corrected chi connectivity index (χ0v) is 16.0. The van der Waals surface area contributed by atoms with E-state index >= 15 is 0 Å². The Kier molecular flexibility index (Phi) is 9.30. The van der Waals surface area contributed by atoms with Crippen LogP contribution in [-0.2, 0) is 29.2 Å². The Hall–Kier alpha value is -2.44. The van der Waals surface area contributed by atoms with Crippen LogP contribution in [0.25, 0.3) is 0 Å². The Morgan fingerprint density at radius 2 is 1.70 bits per heavy atom. The Balaban J connectivity index is 1.78. The standard InChI is InChI=1S/C21H28FN3O2/c1-3-26-11-12-27-16-18-8-6-7-17(13-18)14-24-21(23-2)25-15-19-9-4-5-10-20(19)22/h4-10,13H,3,11-12,14-16H2,1-2H3,(H2,23,24,25). The largest absolute Gasteiger partial charge is 0.379 e. The van der Waals surface area contributed by atoms with Crippen molar-refractivity contribution < 1.29 is 13.9 Å². The van der Waals surface area contributed by atoms with Gasteiger partial charge in [0.2, 0.25) is 0 Å². The van der Waals surface area contributed by atoms with Gasteiger partial charge in [-0.05, 0) is 24.1 Å². The minimum atomic E-state index is -0.225. The minimum Gasteiger partial charge on any atom is -0.379 e. The van der Waals surface area contributed by atoms with Crippen LogP contribution >= 0.6 is 0 Å². The first-order valence-electron chi connectivity index (χ1n) is 9.14. The minimum absolute atomic E-state index is 0.225. The van der Waals surface area contributed by atoms with Crippen LogP contribution in [0.3, 0.4) is 0 Å². The van der Waals surface area contributed by atoms with Crippen molar-refractivity contribution in [3.63, 3.8) is 0 Å². The smallest absolute Gasteiger partial charge is 0.191 e. The quantitative estimate of drug-likeness (QED) is 0.381. The van der Waals surface area contributed by atoms with Crippen LogP contribution in [0.15, 0.2) is 53.5 Å². The summed E-state index contributed by atoms with van der Waals surface area (Å²) in [6, 6.07) is 14.9. The maximum absolute atomic E-state index is 13.7. The summed E-state index contributed by atoms with van der Waals surface area (Å²) in [4.78, 5) is 4.18. The lowest BCUT2D eigenvalue weighted by atomic mass is 10.1. The topological polar surface area (TPSA) is 54.9 Å². The number of aliphatic imine (C=N–C) groups is 1. The predicted octanol–water partition coefficient (Wildman–Crippen LogP) is 3.24. The maximum atomic E-state index is 13.7. The molecule has 0 unspecified atom stereocenters. The van der Waals surface area contributed by atoms with Crippen LogP contribution in [-0.4, -0.2) is 32.8 Å². The summed E-state index contributed by atoms with van der Waals surface area (Å²) in [6.45, 7) is 5.42. The summed E-state index contributed by atoms with van der Waals surface area (Å²) >= 11 is 0. The SMILES string of the molecule is CCOCCOCc1cccc(CNC(=NC)NCc2ccccc2F)c1.